The summed E-state index contributed by atoms with van der Waals surface area (Å²) in [7, 11) is 3.66. The van der Waals surface area contributed by atoms with Crippen LogP contribution >= 0.6 is 24.0 Å². The van der Waals surface area contributed by atoms with Crippen molar-refractivity contribution >= 4 is 29.9 Å². The van der Waals surface area contributed by atoms with Crippen LogP contribution in [0.2, 0.25) is 0 Å². The van der Waals surface area contributed by atoms with E-state index < -0.39 is 0 Å². The van der Waals surface area contributed by atoms with E-state index >= 15 is 0 Å². The highest BCUT2D eigenvalue weighted by Gasteiger charge is 2.05. The van der Waals surface area contributed by atoms with E-state index in [1.54, 1.807) is 7.11 Å². The molecule has 0 atom stereocenters. The molecule has 1 rings (SSSR count). The van der Waals surface area contributed by atoms with Gasteiger partial charge in [-0.05, 0) is 26.2 Å². The van der Waals surface area contributed by atoms with Crippen LogP contribution in [0.4, 0.5) is 0 Å². The average Bonchev–Trinajstić information content (AvgIpc) is 2.93. The number of hydrogen-bond acceptors (Lipinski definition) is 5. The predicted octanol–water partition coefficient (Wildman–Crippen LogP) is 2.02. The molecule has 1 heterocycles. The molecule has 0 aliphatic rings. The number of halogens is 1. The van der Waals surface area contributed by atoms with Gasteiger partial charge in [-0.2, -0.15) is 0 Å². The van der Waals surface area contributed by atoms with E-state index in [0.717, 1.165) is 69.8 Å². The maximum Gasteiger partial charge on any atom is 0.191 e. The zero-order valence-electron chi connectivity index (χ0n) is 16.6. The molecule has 9 heteroatoms. The topological polar surface area (TPSA) is 85.6 Å². The van der Waals surface area contributed by atoms with Crippen molar-refractivity contribution < 1.29 is 9.47 Å². The summed E-state index contributed by atoms with van der Waals surface area (Å²) in [4.78, 5) is 4.60. The van der Waals surface area contributed by atoms with Gasteiger partial charge in [-0.3, -0.25) is 0 Å². The molecule has 0 aliphatic carbocycles. The number of ether oxygens (including phenoxy) is 2. The van der Waals surface area contributed by atoms with E-state index in [1.807, 2.05) is 18.5 Å². The maximum absolute atomic E-state index is 5.58. The first kappa shape index (κ1) is 25.1. The van der Waals surface area contributed by atoms with Gasteiger partial charge in [0, 0.05) is 47.1 Å². The number of aromatic nitrogens is 3. The molecule has 0 saturated carbocycles. The number of hydrogen-bond donors (Lipinski definition) is 2. The Morgan fingerprint density at radius 1 is 1.08 bits per heavy atom. The van der Waals surface area contributed by atoms with Gasteiger partial charge in [0.15, 0.2) is 11.8 Å². The van der Waals surface area contributed by atoms with Crippen molar-refractivity contribution in [2.24, 2.45) is 12.0 Å². The first-order chi connectivity index (χ1) is 12.2. The summed E-state index contributed by atoms with van der Waals surface area (Å²) in [5.41, 5.74) is 0. The molecule has 0 aromatic carbocycles. The standard InChI is InChI=1S/C17H34N6O2.HI/c1-5-6-12-25-13-8-10-19-17(18-9-7-11-24-4)20-14-16-22-21-15(2)23(16)3;/h5-14H2,1-4H3,(H2,18,19,20);1H. The van der Waals surface area contributed by atoms with Gasteiger partial charge in [0.2, 0.25) is 0 Å². The van der Waals surface area contributed by atoms with Crippen LogP contribution in [0.15, 0.2) is 4.99 Å². The lowest BCUT2D eigenvalue weighted by Crippen LogP contribution is -2.39. The van der Waals surface area contributed by atoms with E-state index in [0.29, 0.717) is 6.54 Å². The fraction of sp³-hybridized carbons (Fsp3) is 0.824. The Hall–Kier alpha value is -0.940. The minimum Gasteiger partial charge on any atom is -0.385 e. The number of guanidine groups is 1. The lowest BCUT2D eigenvalue weighted by Gasteiger charge is -2.12. The molecule has 0 spiro atoms. The SMILES string of the molecule is CCCCOCCCNC(=NCc1nnc(C)n1C)NCCCOC.I. The Balaban J connectivity index is 0.00000625. The van der Waals surface area contributed by atoms with Crippen LogP contribution in [0.3, 0.4) is 0 Å². The smallest absolute Gasteiger partial charge is 0.191 e. The number of rotatable bonds is 13. The van der Waals surface area contributed by atoms with E-state index in [2.05, 4.69) is 32.7 Å². The van der Waals surface area contributed by atoms with E-state index in [9.17, 15) is 0 Å². The largest absolute Gasteiger partial charge is 0.385 e. The molecule has 0 aliphatic heterocycles. The minimum atomic E-state index is 0. The van der Waals surface area contributed by atoms with Crippen molar-refractivity contribution in [3.8, 4) is 0 Å². The molecule has 2 N–H and O–H groups in total. The van der Waals surface area contributed by atoms with E-state index in [4.69, 9.17) is 9.47 Å². The van der Waals surface area contributed by atoms with Gasteiger partial charge in [0.05, 0.1) is 0 Å². The van der Waals surface area contributed by atoms with E-state index in [-0.39, 0.29) is 24.0 Å². The van der Waals surface area contributed by atoms with Crippen molar-refractivity contribution in [3.63, 3.8) is 0 Å². The van der Waals surface area contributed by atoms with Gasteiger partial charge in [0.1, 0.15) is 12.4 Å². The molecule has 0 unspecified atom stereocenters. The second-order valence-electron chi connectivity index (χ2n) is 5.91. The number of aliphatic imine (C=N–C) groups is 1. The summed E-state index contributed by atoms with van der Waals surface area (Å²) >= 11 is 0. The predicted molar refractivity (Wildman–Crippen MR) is 115 cm³/mol. The first-order valence-corrected chi connectivity index (χ1v) is 9.12. The second kappa shape index (κ2) is 16.2. The lowest BCUT2D eigenvalue weighted by molar-refractivity contribution is 0.129. The zero-order chi connectivity index (χ0) is 18.3. The summed E-state index contributed by atoms with van der Waals surface area (Å²) in [6, 6.07) is 0. The highest BCUT2D eigenvalue weighted by Crippen LogP contribution is 1.99. The van der Waals surface area contributed by atoms with Crippen molar-refractivity contribution in [3.05, 3.63) is 11.6 Å². The molecule has 0 amide bonds. The molecular weight excluding hydrogens is 447 g/mol. The third-order valence-corrected chi connectivity index (χ3v) is 3.78. The van der Waals surface area contributed by atoms with Crippen molar-refractivity contribution in [2.75, 3.05) is 40.0 Å². The fourth-order valence-corrected chi connectivity index (χ4v) is 2.07. The molecule has 0 bridgehead atoms. The molecule has 8 nitrogen and oxygen atoms in total. The monoisotopic (exact) mass is 482 g/mol. The summed E-state index contributed by atoms with van der Waals surface area (Å²) in [5.74, 6) is 2.51. The van der Waals surface area contributed by atoms with Gasteiger partial charge in [-0.1, -0.05) is 13.3 Å². The molecule has 1 aromatic rings. The molecule has 0 saturated heterocycles. The van der Waals surface area contributed by atoms with Crippen LogP contribution in [0, 0.1) is 6.92 Å². The third-order valence-electron chi connectivity index (χ3n) is 3.78. The normalized spacial score (nSPS) is 11.3. The number of unbranched alkanes of at least 4 members (excludes halogenated alkanes) is 1. The second-order valence-corrected chi connectivity index (χ2v) is 5.91. The Labute approximate surface area is 174 Å². The molecular formula is C17H35IN6O2. The third kappa shape index (κ3) is 10.9. The van der Waals surface area contributed by atoms with Crippen LogP contribution in [-0.4, -0.2) is 60.7 Å². The quantitative estimate of drug-likeness (QED) is 0.194. The highest BCUT2D eigenvalue weighted by atomic mass is 127. The number of nitrogens with one attached hydrogen (secondary N) is 2. The van der Waals surface area contributed by atoms with Gasteiger partial charge >= 0.3 is 0 Å². The minimum absolute atomic E-state index is 0. The number of aryl methyl sites for hydroxylation is 1. The zero-order valence-corrected chi connectivity index (χ0v) is 18.9. The Morgan fingerprint density at radius 3 is 2.31 bits per heavy atom. The van der Waals surface area contributed by atoms with Crippen molar-refractivity contribution in [1.29, 1.82) is 0 Å². The van der Waals surface area contributed by atoms with Crippen LogP contribution in [0.5, 0.6) is 0 Å². The fourth-order valence-electron chi connectivity index (χ4n) is 2.07. The summed E-state index contributed by atoms with van der Waals surface area (Å²) in [6.07, 6.45) is 4.17. The van der Waals surface area contributed by atoms with E-state index in [1.165, 1.54) is 6.42 Å². The Bertz CT molecular complexity index is 496. The average molecular weight is 482 g/mol. The molecule has 152 valence electrons. The van der Waals surface area contributed by atoms with Crippen LogP contribution in [0.1, 0.15) is 44.3 Å². The summed E-state index contributed by atoms with van der Waals surface area (Å²) in [6.45, 7) is 8.57. The molecule has 0 radical (unpaired) electrons. The molecule has 0 fully saturated rings. The van der Waals surface area contributed by atoms with Gasteiger partial charge in [0.25, 0.3) is 0 Å². The molecule has 1 aromatic heterocycles. The number of nitrogens with zero attached hydrogens (tertiary/aromatic N) is 4. The van der Waals surface area contributed by atoms with Gasteiger partial charge in [-0.15, -0.1) is 34.2 Å². The molecule has 26 heavy (non-hydrogen) atoms. The Morgan fingerprint density at radius 2 is 1.73 bits per heavy atom. The van der Waals surface area contributed by atoms with Crippen molar-refractivity contribution in [2.45, 2.75) is 46.1 Å². The van der Waals surface area contributed by atoms with Gasteiger partial charge in [-0.25, -0.2) is 4.99 Å². The Kier molecular flexibility index (Phi) is 15.7. The van der Waals surface area contributed by atoms with Crippen molar-refractivity contribution in [1.82, 2.24) is 25.4 Å². The maximum atomic E-state index is 5.58. The number of methoxy groups -OCH3 is 1. The van der Waals surface area contributed by atoms with Crippen LogP contribution in [-0.2, 0) is 23.1 Å². The lowest BCUT2D eigenvalue weighted by atomic mass is 10.4. The first-order valence-electron chi connectivity index (χ1n) is 9.12. The van der Waals surface area contributed by atoms with Gasteiger partial charge < -0.3 is 24.7 Å². The highest BCUT2D eigenvalue weighted by molar-refractivity contribution is 14.0. The van der Waals surface area contributed by atoms with Crippen LogP contribution in [0.25, 0.3) is 0 Å². The van der Waals surface area contributed by atoms with Crippen LogP contribution < -0.4 is 10.6 Å². The summed E-state index contributed by atoms with van der Waals surface area (Å²) < 4.78 is 12.6. The summed E-state index contributed by atoms with van der Waals surface area (Å²) in [5, 5.41) is 14.9.